The maximum Gasteiger partial charge on any atom is 0.332 e. The van der Waals surface area contributed by atoms with E-state index in [9.17, 15) is 14.4 Å². The van der Waals surface area contributed by atoms with Crippen LogP contribution in [0.15, 0.2) is 15.9 Å². The van der Waals surface area contributed by atoms with E-state index >= 15 is 0 Å². The van der Waals surface area contributed by atoms with Crippen molar-refractivity contribution >= 4 is 16.9 Å². The van der Waals surface area contributed by atoms with Crippen LogP contribution in [0.3, 0.4) is 0 Å². The molecule has 0 N–H and O–H groups in total. The fraction of sp³-hybridized carbons (Fsp3) is 0.500. The molecule has 0 radical (unpaired) electrons. The minimum absolute atomic E-state index is 0.210. The van der Waals surface area contributed by atoms with E-state index in [2.05, 4.69) is 4.98 Å². The number of rotatable bonds is 4. The highest BCUT2D eigenvalue weighted by Crippen LogP contribution is 2.06. The lowest BCUT2D eigenvalue weighted by atomic mass is 10.4. The zero-order chi connectivity index (χ0) is 14.2. The Bertz CT molecular complexity index is 751. The van der Waals surface area contributed by atoms with Gasteiger partial charge in [0, 0.05) is 13.6 Å². The Morgan fingerprint density at radius 2 is 2.05 bits per heavy atom. The van der Waals surface area contributed by atoms with Crippen LogP contribution < -0.4 is 11.2 Å². The number of fused-ring (bicyclic) bond motifs is 1. The van der Waals surface area contributed by atoms with Gasteiger partial charge in [0.2, 0.25) is 0 Å². The maximum absolute atomic E-state index is 12.3. The summed E-state index contributed by atoms with van der Waals surface area (Å²) < 4.78 is 3.97. The highest BCUT2D eigenvalue weighted by molar-refractivity contribution is 5.76. The number of carbonyl (C=O) groups is 1. The largest absolute Gasteiger partial charge is 0.332 e. The third kappa shape index (κ3) is 2.11. The highest BCUT2D eigenvalue weighted by atomic mass is 16.2. The summed E-state index contributed by atoms with van der Waals surface area (Å²) >= 11 is 0. The van der Waals surface area contributed by atoms with Crippen LogP contribution in [0.4, 0.5) is 0 Å². The quantitative estimate of drug-likeness (QED) is 0.772. The van der Waals surface area contributed by atoms with Crippen molar-refractivity contribution in [2.24, 2.45) is 7.05 Å². The Morgan fingerprint density at radius 3 is 2.63 bits per heavy atom. The van der Waals surface area contributed by atoms with E-state index in [0.717, 1.165) is 11.0 Å². The number of imidazole rings is 1. The summed E-state index contributed by atoms with van der Waals surface area (Å²) in [4.78, 5) is 39.7. The summed E-state index contributed by atoms with van der Waals surface area (Å²) in [6.07, 6.45) is 2.40. The zero-order valence-corrected chi connectivity index (χ0v) is 11.2. The number of aryl methyl sites for hydroxylation is 2. The molecule has 2 aromatic heterocycles. The van der Waals surface area contributed by atoms with Gasteiger partial charge in [0.05, 0.1) is 12.9 Å². The van der Waals surface area contributed by atoms with Crippen LogP contribution in [0.25, 0.3) is 11.2 Å². The molecule has 0 spiro atoms. The first-order chi connectivity index (χ1) is 8.97. The molecule has 0 aliphatic carbocycles. The van der Waals surface area contributed by atoms with Crippen LogP contribution in [-0.4, -0.2) is 24.5 Å². The third-order valence-electron chi connectivity index (χ3n) is 2.95. The number of aromatic nitrogens is 4. The van der Waals surface area contributed by atoms with Gasteiger partial charge in [0.1, 0.15) is 5.78 Å². The SMILES string of the molecule is CCCn1cnc2c1c(=O)n(CC(C)=O)c(=O)n2C. The van der Waals surface area contributed by atoms with Crippen molar-refractivity contribution in [3.8, 4) is 0 Å². The molecule has 2 aromatic rings. The second-order valence-corrected chi connectivity index (χ2v) is 4.55. The van der Waals surface area contributed by atoms with Crippen molar-refractivity contribution in [2.45, 2.75) is 33.4 Å². The van der Waals surface area contributed by atoms with Crippen LogP contribution in [0, 0.1) is 0 Å². The van der Waals surface area contributed by atoms with Gasteiger partial charge < -0.3 is 4.57 Å². The van der Waals surface area contributed by atoms with Gasteiger partial charge in [-0.15, -0.1) is 0 Å². The number of Topliss-reactive ketones (excluding diaryl/α,β-unsaturated/α-hetero) is 1. The van der Waals surface area contributed by atoms with Crippen molar-refractivity contribution in [1.29, 1.82) is 0 Å². The normalized spacial score (nSPS) is 11.1. The molecule has 102 valence electrons. The molecule has 0 bridgehead atoms. The molecular weight excluding hydrogens is 248 g/mol. The zero-order valence-electron chi connectivity index (χ0n) is 11.2. The Balaban J connectivity index is 2.84. The van der Waals surface area contributed by atoms with Gasteiger partial charge in [-0.05, 0) is 13.3 Å². The Hall–Kier alpha value is -2.18. The molecule has 0 aromatic carbocycles. The van der Waals surface area contributed by atoms with Crippen LogP contribution in [0.2, 0.25) is 0 Å². The molecule has 2 heterocycles. The number of carbonyl (C=O) groups excluding carboxylic acids is 1. The van der Waals surface area contributed by atoms with E-state index in [-0.39, 0.29) is 12.3 Å². The summed E-state index contributed by atoms with van der Waals surface area (Å²) in [7, 11) is 1.55. The molecule has 2 rings (SSSR count). The van der Waals surface area contributed by atoms with E-state index in [1.54, 1.807) is 17.9 Å². The monoisotopic (exact) mass is 264 g/mol. The predicted molar refractivity (Wildman–Crippen MR) is 70.2 cm³/mol. The predicted octanol–water partition coefficient (Wildman–Crippen LogP) is -0.104. The van der Waals surface area contributed by atoms with E-state index in [1.807, 2.05) is 6.92 Å². The second kappa shape index (κ2) is 4.83. The van der Waals surface area contributed by atoms with Crippen LogP contribution >= 0.6 is 0 Å². The Labute approximate surface area is 109 Å². The van der Waals surface area contributed by atoms with E-state index in [1.165, 1.54) is 11.5 Å². The first-order valence-corrected chi connectivity index (χ1v) is 6.11. The summed E-state index contributed by atoms with van der Waals surface area (Å²) in [5, 5.41) is 0. The summed E-state index contributed by atoms with van der Waals surface area (Å²) in [6.45, 7) is 3.77. The highest BCUT2D eigenvalue weighted by Gasteiger charge is 2.16. The minimum Gasteiger partial charge on any atom is -0.325 e. The number of hydrogen-bond donors (Lipinski definition) is 0. The molecule has 0 fully saturated rings. The lowest BCUT2D eigenvalue weighted by Gasteiger charge is -2.07. The van der Waals surface area contributed by atoms with Gasteiger partial charge in [-0.25, -0.2) is 9.78 Å². The molecule has 7 heteroatoms. The van der Waals surface area contributed by atoms with Gasteiger partial charge in [0.25, 0.3) is 5.56 Å². The fourth-order valence-corrected chi connectivity index (χ4v) is 2.09. The summed E-state index contributed by atoms with van der Waals surface area (Å²) in [5.74, 6) is -0.236. The number of ketones is 1. The molecule has 0 aliphatic rings. The van der Waals surface area contributed by atoms with E-state index in [0.29, 0.717) is 17.7 Å². The lowest BCUT2D eigenvalue weighted by Crippen LogP contribution is -2.41. The molecular formula is C12H16N4O3. The Kier molecular flexibility index (Phi) is 3.37. The Morgan fingerprint density at radius 1 is 1.37 bits per heavy atom. The molecule has 7 nitrogen and oxygen atoms in total. The average Bonchev–Trinajstić information content (AvgIpc) is 2.76. The second-order valence-electron chi connectivity index (χ2n) is 4.55. The van der Waals surface area contributed by atoms with Crippen LogP contribution in [-0.2, 0) is 24.9 Å². The van der Waals surface area contributed by atoms with E-state index < -0.39 is 11.2 Å². The molecule has 0 aliphatic heterocycles. The molecule has 0 saturated carbocycles. The topological polar surface area (TPSA) is 78.9 Å². The number of nitrogens with zero attached hydrogens (tertiary/aromatic N) is 4. The van der Waals surface area contributed by atoms with Crippen LogP contribution in [0.1, 0.15) is 20.3 Å². The molecule has 0 unspecified atom stereocenters. The fourth-order valence-electron chi connectivity index (χ4n) is 2.09. The average molecular weight is 264 g/mol. The van der Waals surface area contributed by atoms with Gasteiger partial charge in [-0.2, -0.15) is 0 Å². The van der Waals surface area contributed by atoms with Gasteiger partial charge in [-0.3, -0.25) is 18.7 Å². The van der Waals surface area contributed by atoms with Gasteiger partial charge >= 0.3 is 5.69 Å². The third-order valence-corrected chi connectivity index (χ3v) is 2.95. The molecule has 0 saturated heterocycles. The van der Waals surface area contributed by atoms with Crippen molar-refractivity contribution in [3.63, 3.8) is 0 Å². The number of hydrogen-bond acceptors (Lipinski definition) is 4. The van der Waals surface area contributed by atoms with Gasteiger partial charge in [0.15, 0.2) is 11.2 Å². The van der Waals surface area contributed by atoms with Crippen molar-refractivity contribution < 1.29 is 4.79 Å². The van der Waals surface area contributed by atoms with Crippen LogP contribution in [0.5, 0.6) is 0 Å². The first kappa shape index (κ1) is 13.3. The van der Waals surface area contributed by atoms with Crippen molar-refractivity contribution in [3.05, 3.63) is 27.2 Å². The van der Waals surface area contributed by atoms with Crippen molar-refractivity contribution in [2.75, 3.05) is 0 Å². The smallest absolute Gasteiger partial charge is 0.325 e. The lowest BCUT2D eigenvalue weighted by molar-refractivity contribution is -0.117. The molecule has 19 heavy (non-hydrogen) atoms. The minimum atomic E-state index is -0.519. The molecule has 0 amide bonds. The van der Waals surface area contributed by atoms with Gasteiger partial charge in [-0.1, -0.05) is 6.92 Å². The summed E-state index contributed by atoms with van der Waals surface area (Å²) in [6, 6.07) is 0. The maximum atomic E-state index is 12.3. The standard InChI is InChI=1S/C12H16N4O3/c1-4-5-15-7-13-10-9(15)11(18)16(6-8(2)17)12(19)14(10)3/h7H,4-6H2,1-3H3. The summed E-state index contributed by atoms with van der Waals surface area (Å²) in [5.41, 5.74) is -0.262. The first-order valence-electron chi connectivity index (χ1n) is 6.11. The molecule has 0 atom stereocenters. The van der Waals surface area contributed by atoms with E-state index in [4.69, 9.17) is 0 Å². The van der Waals surface area contributed by atoms with Crippen molar-refractivity contribution in [1.82, 2.24) is 18.7 Å².